The first-order valence-corrected chi connectivity index (χ1v) is 6.61. The smallest absolute Gasteiger partial charge is 0.244 e. The lowest BCUT2D eigenvalue weighted by atomic mass is 10.1. The van der Waals surface area contributed by atoms with Crippen LogP contribution >= 0.6 is 0 Å². The van der Waals surface area contributed by atoms with Gasteiger partial charge in [-0.3, -0.25) is 14.4 Å². The van der Waals surface area contributed by atoms with Gasteiger partial charge in [0.25, 0.3) is 0 Å². The van der Waals surface area contributed by atoms with E-state index in [0.29, 0.717) is 18.6 Å². The highest BCUT2D eigenvalue weighted by molar-refractivity contribution is 5.94. The summed E-state index contributed by atoms with van der Waals surface area (Å²) in [7, 11) is 0. The Hall–Kier alpha value is -2.57. The summed E-state index contributed by atoms with van der Waals surface area (Å²) in [6.07, 6.45) is 5.41. The SMILES string of the molecule is CCC[C@H](NC(=O)CNC(=O)C=Cc1ccco1)C(N)=O. The van der Waals surface area contributed by atoms with Crippen molar-refractivity contribution in [1.82, 2.24) is 10.6 Å². The van der Waals surface area contributed by atoms with Crippen molar-refractivity contribution in [2.75, 3.05) is 6.54 Å². The van der Waals surface area contributed by atoms with Gasteiger partial charge in [0, 0.05) is 6.08 Å². The van der Waals surface area contributed by atoms with Crippen LogP contribution in [0.1, 0.15) is 25.5 Å². The van der Waals surface area contributed by atoms with Gasteiger partial charge in [0.2, 0.25) is 17.7 Å². The second-order valence-corrected chi connectivity index (χ2v) is 4.38. The van der Waals surface area contributed by atoms with Crippen LogP contribution in [0, 0.1) is 0 Å². The molecule has 4 N–H and O–H groups in total. The summed E-state index contributed by atoms with van der Waals surface area (Å²) < 4.78 is 5.02. The zero-order valence-electron chi connectivity index (χ0n) is 11.8. The zero-order chi connectivity index (χ0) is 15.7. The number of carbonyl (C=O) groups excluding carboxylic acids is 3. The van der Waals surface area contributed by atoms with E-state index in [1.54, 1.807) is 12.1 Å². The summed E-state index contributed by atoms with van der Waals surface area (Å²) in [4.78, 5) is 34.2. The molecule has 1 heterocycles. The minimum atomic E-state index is -0.710. The molecule has 0 spiro atoms. The molecule has 21 heavy (non-hydrogen) atoms. The van der Waals surface area contributed by atoms with Crippen LogP contribution in [0.2, 0.25) is 0 Å². The number of rotatable bonds is 8. The Labute approximate surface area is 122 Å². The number of carbonyl (C=O) groups is 3. The fraction of sp³-hybridized carbons (Fsp3) is 0.357. The standard InChI is InChI=1S/C14H19N3O4/c1-2-4-11(14(15)20)17-13(19)9-16-12(18)7-6-10-5-3-8-21-10/h3,5-8,11H,2,4,9H2,1H3,(H2,15,20)(H,16,18)(H,17,19)/t11-/m0/s1. The average molecular weight is 293 g/mol. The molecule has 0 aromatic carbocycles. The average Bonchev–Trinajstić information content (AvgIpc) is 2.95. The molecule has 0 radical (unpaired) electrons. The third kappa shape index (κ3) is 6.42. The van der Waals surface area contributed by atoms with E-state index in [9.17, 15) is 14.4 Å². The lowest BCUT2D eigenvalue weighted by molar-refractivity contribution is -0.128. The highest BCUT2D eigenvalue weighted by Gasteiger charge is 2.16. The van der Waals surface area contributed by atoms with Gasteiger partial charge in [0.1, 0.15) is 11.8 Å². The van der Waals surface area contributed by atoms with Crippen LogP contribution < -0.4 is 16.4 Å². The van der Waals surface area contributed by atoms with Crippen LogP contribution in [0.5, 0.6) is 0 Å². The Kier molecular flexibility index (Phi) is 6.73. The second kappa shape index (κ2) is 8.57. The number of furan rings is 1. The van der Waals surface area contributed by atoms with Crippen LogP contribution in [-0.4, -0.2) is 30.3 Å². The third-order valence-electron chi connectivity index (χ3n) is 2.62. The Bertz CT molecular complexity index is 508. The maximum atomic E-state index is 11.6. The minimum absolute atomic E-state index is 0.227. The van der Waals surface area contributed by atoms with Gasteiger partial charge in [0.05, 0.1) is 12.8 Å². The van der Waals surface area contributed by atoms with Crippen molar-refractivity contribution >= 4 is 23.8 Å². The quantitative estimate of drug-likeness (QED) is 0.593. The van der Waals surface area contributed by atoms with Crippen molar-refractivity contribution in [2.24, 2.45) is 5.73 Å². The molecule has 1 aromatic heterocycles. The van der Waals surface area contributed by atoms with E-state index >= 15 is 0 Å². The maximum absolute atomic E-state index is 11.6. The molecule has 0 saturated heterocycles. The van der Waals surface area contributed by atoms with Gasteiger partial charge < -0.3 is 20.8 Å². The van der Waals surface area contributed by atoms with E-state index in [2.05, 4.69) is 10.6 Å². The molecule has 1 atom stereocenters. The fourth-order valence-electron chi connectivity index (χ4n) is 1.59. The first-order chi connectivity index (χ1) is 10.0. The van der Waals surface area contributed by atoms with E-state index in [-0.39, 0.29) is 6.54 Å². The molecule has 114 valence electrons. The van der Waals surface area contributed by atoms with Crippen molar-refractivity contribution in [2.45, 2.75) is 25.8 Å². The van der Waals surface area contributed by atoms with E-state index < -0.39 is 23.8 Å². The van der Waals surface area contributed by atoms with E-state index in [4.69, 9.17) is 10.2 Å². The van der Waals surface area contributed by atoms with Crippen LogP contribution in [-0.2, 0) is 14.4 Å². The second-order valence-electron chi connectivity index (χ2n) is 4.38. The molecule has 7 nitrogen and oxygen atoms in total. The van der Waals surface area contributed by atoms with Gasteiger partial charge in [-0.1, -0.05) is 13.3 Å². The van der Waals surface area contributed by atoms with E-state index in [1.165, 1.54) is 18.4 Å². The van der Waals surface area contributed by atoms with Gasteiger partial charge in [-0.05, 0) is 24.6 Å². The first-order valence-electron chi connectivity index (χ1n) is 6.61. The Morgan fingerprint density at radius 2 is 2.19 bits per heavy atom. The summed E-state index contributed by atoms with van der Waals surface area (Å²) in [6, 6.07) is 2.68. The summed E-state index contributed by atoms with van der Waals surface area (Å²) >= 11 is 0. The summed E-state index contributed by atoms with van der Waals surface area (Å²) in [5, 5.41) is 4.87. The molecule has 0 aliphatic carbocycles. The normalized spacial score (nSPS) is 12.0. The van der Waals surface area contributed by atoms with Crippen molar-refractivity contribution in [3.05, 3.63) is 30.2 Å². The van der Waals surface area contributed by atoms with Gasteiger partial charge >= 0.3 is 0 Å². The van der Waals surface area contributed by atoms with Gasteiger partial charge in [0.15, 0.2) is 0 Å². The van der Waals surface area contributed by atoms with Crippen LogP contribution in [0.25, 0.3) is 6.08 Å². The Morgan fingerprint density at radius 1 is 1.43 bits per heavy atom. The lowest BCUT2D eigenvalue weighted by Gasteiger charge is -2.14. The molecule has 0 bridgehead atoms. The lowest BCUT2D eigenvalue weighted by Crippen LogP contribution is -2.47. The van der Waals surface area contributed by atoms with Gasteiger partial charge in [-0.25, -0.2) is 0 Å². The van der Waals surface area contributed by atoms with Crippen LogP contribution in [0.4, 0.5) is 0 Å². The molecule has 1 rings (SSSR count). The van der Waals surface area contributed by atoms with Crippen LogP contribution in [0.15, 0.2) is 28.9 Å². The number of hydrogen-bond donors (Lipinski definition) is 3. The largest absolute Gasteiger partial charge is 0.465 e. The number of amides is 3. The zero-order valence-corrected chi connectivity index (χ0v) is 11.8. The molecule has 0 unspecified atom stereocenters. The minimum Gasteiger partial charge on any atom is -0.465 e. The number of hydrogen-bond acceptors (Lipinski definition) is 4. The monoisotopic (exact) mass is 293 g/mol. The summed E-state index contributed by atoms with van der Waals surface area (Å²) in [6.45, 7) is 1.65. The topological polar surface area (TPSA) is 114 Å². The molecular formula is C14H19N3O4. The van der Waals surface area contributed by atoms with Crippen molar-refractivity contribution < 1.29 is 18.8 Å². The molecule has 0 saturated carbocycles. The molecule has 3 amide bonds. The molecule has 0 aliphatic rings. The van der Waals surface area contributed by atoms with Crippen molar-refractivity contribution in [3.63, 3.8) is 0 Å². The van der Waals surface area contributed by atoms with Crippen LogP contribution in [0.3, 0.4) is 0 Å². The van der Waals surface area contributed by atoms with Gasteiger partial charge in [-0.2, -0.15) is 0 Å². The molecular weight excluding hydrogens is 274 g/mol. The molecule has 7 heteroatoms. The predicted octanol–water partition coefficient (Wildman–Crippen LogP) is 0.179. The summed E-state index contributed by atoms with van der Waals surface area (Å²) in [5.41, 5.74) is 5.17. The first kappa shape index (κ1) is 16.5. The van der Waals surface area contributed by atoms with E-state index in [1.807, 2.05) is 6.92 Å². The Morgan fingerprint density at radius 3 is 2.76 bits per heavy atom. The number of nitrogens with two attached hydrogens (primary N) is 1. The predicted molar refractivity (Wildman–Crippen MR) is 76.8 cm³/mol. The number of primary amides is 1. The highest BCUT2D eigenvalue weighted by atomic mass is 16.3. The van der Waals surface area contributed by atoms with Crippen molar-refractivity contribution in [1.29, 1.82) is 0 Å². The van der Waals surface area contributed by atoms with Crippen molar-refractivity contribution in [3.8, 4) is 0 Å². The molecule has 0 fully saturated rings. The number of nitrogens with one attached hydrogen (secondary N) is 2. The Balaban J connectivity index is 2.35. The van der Waals surface area contributed by atoms with Gasteiger partial charge in [-0.15, -0.1) is 0 Å². The highest BCUT2D eigenvalue weighted by Crippen LogP contribution is 2.01. The molecule has 0 aliphatic heterocycles. The summed E-state index contributed by atoms with van der Waals surface area (Å²) in [5.74, 6) is -0.958. The fourth-order valence-corrected chi connectivity index (χ4v) is 1.59. The maximum Gasteiger partial charge on any atom is 0.244 e. The molecule has 1 aromatic rings. The third-order valence-corrected chi connectivity index (χ3v) is 2.62. The van der Waals surface area contributed by atoms with E-state index in [0.717, 1.165) is 0 Å².